The fourth-order valence-corrected chi connectivity index (χ4v) is 1.30. The summed E-state index contributed by atoms with van der Waals surface area (Å²) in [6, 6.07) is 0. The molecule has 0 aliphatic rings. The second-order valence-electron chi connectivity index (χ2n) is 3.41. The fourth-order valence-electron chi connectivity index (χ4n) is 1.30. The van der Waals surface area contributed by atoms with E-state index < -0.39 is 0 Å². The van der Waals surface area contributed by atoms with Crippen molar-refractivity contribution in [2.24, 2.45) is 5.73 Å². The summed E-state index contributed by atoms with van der Waals surface area (Å²) in [6.07, 6.45) is 2.85. The molecule has 3 N–H and O–H groups in total. The van der Waals surface area contributed by atoms with Gasteiger partial charge in [-0.25, -0.2) is 0 Å². The Bertz CT molecular complexity index is 150. The molecule has 0 bridgehead atoms. The predicted octanol–water partition coefficient (Wildman–Crippen LogP) is 1.06. The maximum Gasteiger partial charge on any atom is 0.0905 e. The first kappa shape index (κ1) is 13.4. The highest BCUT2D eigenvalue weighted by Crippen LogP contribution is 1.98. The van der Waals surface area contributed by atoms with Gasteiger partial charge in [-0.15, -0.1) is 0 Å². The van der Waals surface area contributed by atoms with E-state index in [9.17, 15) is 0 Å². The van der Waals surface area contributed by atoms with Gasteiger partial charge in [-0.3, -0.25) is 5.41 Å². The van der Waals surface area contributed by atoms with Gasteiger partial charge in [0.05, 0.1) is 12.4 Å². The third-order valence-corrected chi connectivity index (χ3v) is 2.23. The minimum absolute atomic E-state index is 0.296. The van der Waals surface area contributed by atoms with Crippen LogP contribution < -0.4 is 5.73 Å². The third kappa shape index (κ3) is 8.01. The van der Waals surface area contributed by atoms with Gasteiger partial charge < -0.3 is 15.4 Å². The second-order valence-corrected chi connectivity index (χ2v) is 3.41. The second kappa shape index (κ2) is 8.97. The molecule has 0 aromatic rings. The summed E-state index contributed by atoms with van der Waals surface area (Å²) in [6.45, 7) is 6.07. The molecule has 0 amide bonds. The van der Waals surface area contributed by atoms with Crippen LogP contribution >= 0.6 is 0 Å². The predicted molar refractivity (Wildman–Crippen MR) is 59.8 cm³/mol. The van der Waals surface area contributed by atoms with E-state index in [1.807, 2.05) is 0 Å². The topological polar surface area (TPSA) is 62.3 Å². The Balaban J connectivity index is 3.37. The van der Waals surface area contributed by atoms with Gasteiger partial charge in [0.15, 0.2) is 0 Å². The summed E-state index contributed by atoms with van der Waals surface area (Å²) in [5, 5.41) is 7.08. The molecule has 0 heterocycles. The van der Waals surface area contributed by atoms with Gasteiger partial charge in [-0.2, -0.15) is 0 Å². The van der Waals surface area contributed by atoms with E-state index in [1.165, 1.54) is 0 Å². The summed E-state index contributed by atoms with van der Waals surface area (Å²) >= 11 is 0. The zero-order chi connectivity index (χ0) is 10.8. The van der Waals surface area contributed by atoms with E-state index in [1.54, 1.807) is 7.11 Å². The Morgan fingerprint density at radius 2 is 2.07 bits per heavy atom. The zero-order valence-electron chi connectivity index (χ0n) is 9.38. The van der Waals surface area contributed by atoms with Crippen LogP contribution in [0.3, 0.4) is 0 Å². The lowest BCUT2D eigenvalue weighted by molar-refractivity contribution is 0.150. The van der Waals surface area contributed by atoms with Crippen LogP contribution in [0.25, 0.3) is 0 Å². The molecule has 0 aromatic carbocycles. The molecule has 0 aromatic heterocycles. The molecule has 0 aliphatic carbocycles. The van der Waals surface area contributed by atoms with Gasteiger partial charge in [0.1, 0.15) is 0 Å². The summed E-state index contributed by atoms with van der Waals surface area (Å²) in [5.41, 5.74) is 5.27. The molecule has 0 radical (unpaired) electrons. The van der Waals surface area contributed by atoms with E-state index >= 15 is 0 Å². The maximum atomic E-state index is 7.08. The first-order valence-electron chi connectivity index (χ1n) is 5.24. The van der Waals surface area contributed by atoms with Gasteiger partial charge in [-0.05, 0) is 25.9 Å². The first-order valence-corrected chi connectivity index (χ1v) is 5.24. The van der Waals surface area contributed by atoms with Gasteiger partial charge >= 0.3 is 0 Å². The van der Waals surface area contributed by atoms with Gasteiger partial charge in [-0.1, -0.05) is 6.92 Å². The highest BCUT2D eigenvalue weighted by molar-refractivity contribution is 5.76. The Labute approximate surface area is 86.9 Å². The minimum atomic E-state index is 0.296. The van der Waals surface area contributed by atoms with Crippen LogP contribution in [0.2, 0.25) is 0 Å². The van der Waals surface area contributed by atoms with Gasteiger partial charge in [0, 0.05) is 20.1 Å². The number of rotatable bonds is 9. The summed E-state index contributed by atoms with van der Waals surface area (Å²) < 4.78 is 5.02. The number of unbranched alkanes of at least 4 members (excludes halogenated alkanes) is 1. The van der Waals surface area contributed by atoms with Gasteiger partial charge in [0.25, 0.3) is 0 Å². The molecule has 0 unspecified atom stereocenters. The first-order chi connectivity index (χ1) is 6.70. The quantitative estimate of drug-likeness (QED) is 0.333. The van der Waals surface area contributed by atoms with Crippen molar-refractivity contribution in [1.29, 1.82) is 5.41 Å². The molecule has 84 valence electrons. The molecule has 0 rings (SSSR count). The van der Waals surface area contributed by atoms with Crippen LogP contribution in [-0.2, 0) is 4.74 Å². The van der Waals surface area contributed by atoms with Crippen molar-refractivity contribution in [2.75, 3.05) is 33.4 Å². The molecule has 4 nitrogen and oxygen atoms in total. The number of hydrogen-bond acceptors (Lipinski definition) is 3. The Morgan fingerprint density at radius 1 is 1.36 bits per heavy atom. The molecular formula is C10H23N3O. The number of nitrogens with zero attached hydrogens (tertiary/aromatic N) is 1. The number of nitrogens with one attached hydrogen (secondary N) is 1. The fraction of sp³-hybridized carbons (Fsp3) is 0.900. The van der Waals surface area contributed by atoms with E-state index in [4.69, 9.17) is 15.9 Å². The summed E-state index contributed by atoms with van der Waals surface area (Å²) in [5.74, 6) is 0.296. The maximum absolute atomic E-state index is 7.08. The monoisotopic (exact) mass is 201 g/mol. The Hall–Kier alpha value is -0.610. The van der Waals surface area contributed by atoms with E-state index in [0.29, 0.717) is 5.84 Å². The van der Waals surface area contributed by atoms with Crippen molar-refractivity contribution in [3.05, 3.63) is 0 Å². The highest BCUT2D eigenvalue weighted by atomic mass is 16.5. The number of nitrogens with two attached hydrogens (primary N) is 1. The van der Waals surface area contributed by atoms with Crippen LogP contribution in [0.1, 0.15) is 26.2 Å². The number of ether oxygens (including phenoxy) is 1. The lowest BCUT2D eigenvalue weighted by Gasteiger charge is -2.19. The minimum Gasteiger partial charge on any atom is -0.388 e. The van der Waals surface area contributed by atoms with Crippen LogP contribution in [0, 0.1) is 5.41 Å². The average molecular weight is 201 g/mol. The van der Waals surface area contributed by atoms with Crippen LogP contribution in [0.4, 0.5) is 0 Å². The standard InChI is InChI=1S/C10H23N3O/c1-3-13(8-9-14-2)7-5-4-6-10(11)12/h3-9H2,1-2H3,(H3,11,12). The molecule has 0 saturated carbocycles. The number of hydrogen-bond donors (Lipinski definition) is 2. The molecule has 14 heavy (non-hydrogen) atoms. The number of likely N-dealkylation sites (N-methyl/N-ethyl adjacent to an activating group) is 1. The SMILES string of the molecule is CCN(CCCCC(=N)N)CCOC. The molecule has 0 aliphatic heterocycles. The van der Waals surface area contributed by atoms with Crippen molar-refractivity contribution >= 4 is 5.84 Å². The smallest absolute Gasteiger partial charge is 0.0905 e. The van der Waals surface area contributed by atoms with E-state index in [-0.39, 0.29) is 0 Å². The molecule has 0 fully saturated rings. The van der Waals surface area contributed by atoms with E-state index in [0.717, 1.165) is 45.5 Å². The number of amidine groups is 1. The summed E-state index contributed by atoms with van der Waals surface area (Å²) in [7, 11) is 1.73. The van der Waals surface area contributed by atoms with E-state index in [2.05, 4.69) is 11.8 Å². The van der Waals surface area contributed by atoms with Crippen molar-refractivity contribution in [3.8, 4) is 0 Å². The van der Waals surface area contributed by atoms with Crippen molar-refractivity contribution < 1.29 is 4.74 Å². The normalized spacial score (nSPS) is 10.8. The van der Waals surface area contributed by atoms with Crippen molar-refractivity contribution in [1.82, 2.24) is 4.90 Å². The van der Waals surface area contributed by atoms with Crippen LogP contribution in [0.15, 0.2) is 0 Å². The van der Waals surface area contributed by atoms with Crippen molar-refractivity contribution in [3.63, 3.8) is 0 Å². The Kier molecular flexibility index (Phi) is 8.57. The molecule has 0 spiro atoms. The number of methoxy groups -OCH3 is 1. The molecule has 4 heteroatoms. The molecule has 0 atom stereocenters. The molecular weight excluding hydrogens is 178 g/mol. The lowest BCUT2D eigenvalue weighted by Crippen LogP contribution is -2.28. The highest BCUT2D eigenvalue weighted by Gasteiger charge is 2.01. The molecule has 0 saturated heterocycles. The summed E-state index contributed by atoms with van der Waals surface area (Å²) in [4.78, 5) is 2.35. The third-order valence-electron chi connectivity index (χ3n) is 2.23. The Morgan fingerprint density at radius 3 is 2.57 bits per heavy atom. The van der Waals surface area contributed by atoms with Gasteiger partial charge in [0.2, 0.25) is 0 Å². The van der Waals surface area contributed by atoms with Crippen molar-refractivity contribution in [2.45, 2.75) is 26.2 Å². The largest absolute Gasteiger partial charge is 0.388 e. The zero-order valence-corrected chi connectivity index (χ0v) is 9.38. The lowest BCUT2D eigenvalue weighted by atomic mass is 10.2. The average Bonchev–Trinajstić information content (AvgIpc) is 2.16. The van der Waals surface area contributed by atoms with Crippen LogP contribution in [0.5, 0.6) is 0 Å². The van der Waals surface area contributed by atoms with Crippen LogP contribution in [-0.4, -0.2) is 44.1 Å².